The van der Waals surface area contributed by atoms with E-state index in [0.717, 1.165) is 0 Å². The molecular weight excluding hydrogens is 938 g/mol. The van der Waals surface area contributed by atoms with E-state index < -0.39 is 0 Å². The number of anilines is 6. The summed E-state index contributed by atoms with van der Waals surface area (Å²) >= 11 is 0. The van der Waals surface area contributed by atoms with Crippen LogP contribution in [0.5, 0.6) is 0 Å². The molecule has 0 aromatic heterocycles. The molecule has 0 aliphatic carbocycles. The Kier molecular flexibility index (Phi) is 10.3. The topological polar surface area (TPSA) is 6.48 Å². The van der Waals surface area contributed by atoms with E-state index in [1.165, 1.54) is 155 Å². The average Bonchev–Trinajstić information content (AvgIpc) is 1.39. The summed E-state index contributed by atoms with van der Waals surface area (Å²) in [5, 5.41) is 8.63. The molecule has 0 bridgehead atoms. The van der Waals surface area contributed by atoms with Crippen molar-refractivity contribution in [2.45, 2.75) is 144 Å². The Morgan fingerprint density at radius 2 is 0.667 bits per heavy atom. The van der Waals surface area contributed by atoms with Gasteiger partial charge in [0.05, 0.1) is 0 Å². The maximum Gasteiger partial charge on any atom is 0.248 e. The fraction of sp³-hybridized carbons (Fsp3) is 0.297. The van der Waals surface area contributed by atoms with Crippen LogP contribution >= 0.6 is 0 Å². The third-order valence-electron chi connectivity index (χ3n) is 18.7. The second-order valence-electron chi connectivity index (χ2n) is 28.5. The summed E-state index contributed by atoms with van der Waals surface area (Å²) in [6.45, 7) is 38.3. The van der Waals surface area contributed by atoms with Crippen molar-refractivity contribution in [3.63, 3.8) is 0 Å². The quantitative estimate of drug-likeness (QED) is 0.128. The van der Waals surface area contributed by atoms with Crippen molar-refractivity contribution in [1.82, 2.24) is 0 Å². The lowest BCUT2D eigenvalue weighted by Crippen LogP contribution is -2.60. The lowest BCUT2D eigenvalue weighted by Gasteiger charge is -2.44. The standard InChI is InChI=1S/C74H74B2N2/c1-41(2)49-37-51-55-31-45(73(11,12)13)35-63-69(55)76(58-30-28-44(72(8,9)10)34-62(58)77(63)47-23-19-17-20-24-47)60-40-54-50(42(3)4)38-52-56-32-46(74(14,15)16)36-64-70(56)75(59-39-53(49)67(65(51)60)68(54)66(52)59)57-29-27-43(71(5,6)7)33-61(57)78(64)48-25-21-18-22-26-48/h17-42H,1-16H3. The van der Waals surface area contributed by atoms with Crippen molar-refractivity contribution in [2.75, 3.05) is 9.80 Å². The number of nitrogens with zero attached hydrogens (tertiary/aromatic N) is 2. The van der Waals surface area contributed by atoms with Gasteiger partial charge in [-0.05, 0) is 204 Å². The van der Waals surface area contributed by atoms with Crippen LogP contribution in [-0.4, -0.2) is 13.4 Å². The molecule has 4 heterocycles. The van der Waals surface area contributed by atoms with Gasteiger partial charge < -0.3 is 9.80 Å². The van der Waals surface area contributed by atoms with Gasteiger partial charge in [0, 0.05) is 34.1 Å². The molecule has 2 nitrogen and oxygen atoms in total. The van der Waals surface area contributed by atoms with E-state index in [0.29, 0.717) is 0 Å². The zero-order valence-corrected chi connectivity index (χ0v) is 49.1. The van der Waals surface area contributed by atoms with Gasteiger partial charge in [-0.3, -0.25) is 0 Å². The highest BCUT2D eigenvalue weighted by Crippen LogP contribution is 2.53. The molecule has 0 fully saturated rings. The van der Waals surface area contributed by atoms with Crippen LogP contribution in [0.4, 0.5) is 34.1 Å². The Bertz CT molecular complexity index is 3920. The van der Waals surface area contributed by atoms with Gasteiger partial charge >= 0.3 is 0 Å². The van der Waals surface area contributed by atoms with E-state index in [2.05, 4.69) is 266 Å². The number of rotatable bonds is 4. The maximum absolute atomic E-state index is 2.72. The Morgan fingerprint density at radius 3 is 1.00 bits per heavy atom. The summed E-state index contributed by atoms with van der Waals surface area (Å²) in [5.41, 5.74) is 29.8. The number of benzene rings is 10. The molecule has 0 amide bonds. The first kappa shape index (κ1) is 49.3. The summed E-state index contributed by atoms with van der Waals surface area (Å²) in [6.07, 6.45) is 0. The van der Waals surface area contributed by atoms with Gasteiger partial charge in [0.2, 0.25) is 13.4 Å². The number of hydrogen-bond donors (Lipinski definition) is 0. The third-order valence-corrected chi connectivity index (χ3v) is 18.7. The zero-order valence-electron chi connectivity index (χ0n) is 49.1. The van der Waals surface area contributed by atoms with Crippen LogP contribution in [0.25, 0.3) is 54.6 Å². The van der Waals surface area contributed by atoms with Gasteiger partial charge in [-0.2, -0.15) is 0 Å². The first-order chi connectivity index (χ1) is 36.9. The molecule has 10 aromatic carbocycles. The molecule has 4 aliphatic heterocycles. The first-order valence-electron chi connectivity index (χ1n) is 29.1. The van der Waals surface area contributed by atoms with Crippen LogP contribution in [0.2, 0.25) is 0 Å². The van der Waals surface area contributed by atoms with Crippen molar-refractivity contribution < 1.29 is 0 Å². The van der Waals surface area contributed by atoms with Crippen LogP contribution < -0.4 is 42.6 Å². The van der Waals surface area contributed by atoms with Gasteiger partial charge in [-0.25, -0.2) is 0 Å². The summed E-state index contributed by atoms with van der Waals surface area (Å²) < 4.78 is 0. The highest BCUT2D eigenvalue weighted by molar-refractivity contribution is 7.02. The third kappa shape index (κ3) is 6.90. The molecule has 4 aliphatic rings. The largest absolute Gasteiger partial charge is 0.311 e. The Hall–Kier alpha value is -7.03. The molecule has 0 atom stereocenters. The first-order valence-corrected chi connectivity index (χ1v) is 29.1. The second kappa shape index (κ2) is 16.3. The van der Waals surface area contributed by atoms with Crippen LogP contribution in [-0.2, 0) is 21.7 Å². The monoisotopic (exact) mass is 1010 g/mol. The van der Waals surface area contributed by atoms with E-state index in [4.69, 9.17) is 0 Å². The van der Waals surface area contributed by atoms with Gasteiger partial charge in [0.15, 0.2) is 0 Å². The molecular formula is C74H74B2N2. The van der Waals surface area contributed by atoms with E-state index in [-0.39, 0.29) is 46.9 Å². The fourth-order valence-corrected chi connectivity index (χ4v) is 14.5. The summed E-state index contributed by atoms with van der Waals surface area (Å²) in [7, 11) is 0. The van der Waals surface area contributed by atoms with Crippen molar-refractivity contribution in [2.24, 2.45) is 0 Å². The highest BCUT2D eigenvalue weighted by Gasteiger charge is 2.47. The second-order valence-corrected chi connectivity index (χ2v) is 28.5. The molecule has 0 saturated heterocycles. The highest BCUT2D eigenvalue weighted by atomic mass is 15.2. The Labute approximate surface area is 465 Å². The summed E-state index contributed by atoms with van der Waals surface area (Å²) in [4.78, 5) is 5.24. The molecule has 0 spiro atoms. The van der Waals surface area contributed by atoms with Gasteiger partial charge in [-0.15, -0.1) is 0 Å². The normalized spacial score (nSPS) is 14.5. The van der Waals surface area contributed by atoms with E-state index >= 15 is 0 Å². The van der Waals surface area contributed by atoms with Gasteiger partial charge in [0.1, 0.15) is 0 Å². The minimum atomic E-state index is -0.0903. The number of para-hydroxylation sites is 2. The predicted octanol–water partition coefficient (Wildman–Crippen LogP) is 16.6. The van der Waals surface area contributed by atoms with Crippen molar-refractivity contribution in [3.8, 4) is 22.3 Å². The molecule has 4 heteroatoms. The lowest BCUT2D eigenvalue weighted by molar-refractivity contribution is 0.590. The van der Waals surface area contributed by atoms with Crippen molar-refractivity contribution >= 4 is 113 Å². The molecule has 386 valence electrons. The predicted molar refractivity (Wildman–Crippen MR) is 343 cm³/mol. The fourth-order valence-electron chi connectivity index (χ4n) is 14.5. The van der Waals surface area contributed by atoms with Crippen LogP contribution in [0, 0.1) is 0 Å². The number of fused-ring (bicyclic) bond motifs is 8. The molecule has 10 aromatic rings. The van der Waals surface area contributed by atoms with Gasteiger partial charge in [-0.1, -0.05) is 207 Å². The molecule has 0 saturated carbocycles. The van der Waals surface area contributed by atoms with Crippen molar-refractivity contribution in [1.29, 1.82) is 0 Å². The van der Waals surface area contributed by atoms with E-state index in [1.807, 2.05) is 0 Å². The Balaban J connectivity index is 1.18. The molecule has 0 unspecified atom stereocenters. The van der Waals surface area contributed by atoms with Crippen LogP contribution in [0.3, 0.4) is 0 Å². The molecule has 78 heavy (non-hydrogen) atoms. The van der Waals surface area contributed by atoms with Gasteiger partial charge in [0.25, 0.3) is 0 Å². The summed E-state index contributed by atoms with van der Waals surface area (Å²) in [5.74, 6) is 0.564. The molecule has 0 radical (unpaired) electrons. The van der Waals surface area contributed by atoms with E-state index in [9.17, 15) is 0 Å². The SMILES string of the molecule is CC(C)c1cc2c3c(cc4c(C(C)C)cc5c6c(cc1c3c46)B1c3ccc(C(C)(C)C)cc3N(c3ccccc3)c3cc(C(C)(C)C)cc-5c31)B1c3ccc(C(C)(C)C)cc3N(c3ccccc3)c3cc(C(C)(C)C)cc-2c31. The molecule has 14 rings (SSSR count). The smallest absolute Gasteiger partial charge is 0.248 e. The Morgan fingerprint density at radius 1 is 0.321 bits per heavy atom. The number of hydrogen-bond acceptors (Lipinski definition) is 2. The zero-order chi connectivity index (χ0) is 54.6. The maximum atomic E-state index is 2.72. The van der Waals surface area contributed by atoms with Crippen LogP contribution in [0.1, 0.15) is 156 Å². The molecule has 0 N–H and O–H groups in total. The van der Waals surface area contributed by atoms with E-state index in [1.54, 1.807) is 0 Å². The van der Waals surface area contributed by atoms with Crippen molar-refractivity contribution in [3.05, 3.63) is 179 Å². The van der Waals surface area contributed by atoms with Crippen LogP contribution in [0.15, 0.2) is 146 Å². The minimum absolute atomic E-state index is 0.0273. The summed E-state index contributed by atoms with van der Waals surface area (Å²) in [6, 6.07) is 58.5. The lowest BCUT2D eigenvalue weighted by atomic mass is 9.31. The minimum Gasteiger partial charge on any atom is -0.311 e. The average molecular weight is 1010 g/mol.